The van der Waals surface area contributed by atoms with Crippen LogP contribution in [0.1, 0.15) is 57.4 Å². The van der Waals surface area contributed by atoms with Crippen LogP contribution < -0.4 is 16.4 Å². The van der Waals surface area contributed by atoms with Crippen LogP contribution in [0, 0.1) is 0 Å². The number of unbranched alkanes of at least 4 members (excludes halogenated alkanes) is 2. The van der Waals surface area contributed by atoms with Crippen LogP contribution in [0.4, 0.5) is 4.79 Å². The highest BCUT2D eigenvalue weighted by Crippen LogP contribution is 2.21. The van der Waals surface area contributed by atoms with Gasteiger partial charge in [0.05, 0.1) is 12.7 Å². The lowest BCUT2D eigenvalue weighted by Crippen LogP contribution is -2.57. The third-order valence-electron chi connectivity index (χ3n) is 6.52. The first kappa shape index (κ1) is 35.1. The van der Waals surface area contributed by atoms with Gasteiger partial charge in [-0.1, -0.05) is 30.3 Å². The summed E-state index contributed by atoms with van der Waals surface area (Å²) in [5, 5.41) is 34.8. The number of hydrogen-bond donors (Lipinski definition) is 6. The summed E-state index contributed by atoms with van der Waals surface area (Å²) >= 11 is 0. The summed E-state index contributed by atoms with van der Waals surface area (Å²) in [7, 11) is 0. The molecule has 236 valence electrons. The number of ether oxygens (including phenoxy) is 4. The van der Waals surface area contributed by atoms with Crippen LogP contribution in [-0.4, -0.2) is 95.7 Å². The van der Waals surface area contributed by atoms with E-state index in [1.165, 1.54) is 0 Å². The number of amides is 2. The molecule has 6 atom stereocenters. The van der Waals surface area contributed by atoms with Crippen LogP contribution >= 0.6 is 0 Å². The van der Waals surface area contributed by atoms with Gasteiger partial charge in [0.2, 0.25) is 11.8 Å². The Morgan fingerprint density at radius 3 is 2.21 bits per heavy atom. The zero-order valence-electron chi connectivity index (χ0n) is 23.8. The van der Waals surface area contributed by atoms with Crippen molar-refractivity contribution in [2.45, 2.75) is 95.2 Å². The largest absolute Gasteiger partial charge is 0.516 e. The molecule has 42 heavy (non-hydrogen) atoms. The molecule has 0 spiro atoms. The molecule has 1 aromatic rings. The maximum absolute atomic E-state index is 12.0. The van der Waals surface area contributed by atoms with Gasteiger partial charge in [0, 0.05) is 25.9 Å². The number of rotatable bonds is 17. The summed E-state index contributed by atoms with van der Waals surface area (Å²) in [5.74, 6) is -1.24. The van der Waals surface area contributed by atoms with Crippen molar-refractivity contribution in [3.63, 3.8) is 0 Å². The molecule has 7 N–H and O–H groups in total. The maximum atomic E-state index is 12.0. The molecular weight excluding hydrogens is 554 g/mol. The number of aliphatic hydroxyl groups excluding tert-OH is 3. The van der Waals surface area contributed by atoms with E-state index in [9.17, 15) is 34.5 Å². The van der Waals surface area contributed by atoms with Crippen LogP contribution in [0.2, 0.25) is 0 Å². The van der Waals surface area contributed by atoms with Crippen molar-refractivity contribution < 1.29 is 53.4 Å². The Kier molecular flexibility index (Phi) is 16.0. The van der Waals surface area contributed by atoms with Gasteiger partial charge in [0.1, 0.15) is 31.0 Å². The lowest BCUT2D eigenvalue weighted by molar-refractivity contribution is -0.292. The van der Waals surface area contributed by atoms with Gasteiger partial charge >= 0.3 is 12.1 Å². The van der Waals surface area contributed by atoms with Gasteiger partial charge in [-0.2, -0.15) is 0 Å². The van der Waals surface area contributed by atoms with E-state index in [4.69, 9.17) is 19.9 Å². The van der Waals surface area contributed by atoms with Crippen LogP contribution in [0.5, 0.6) is 0 Å². The first-order valence-electron chi connectivity index (χ1n) is 14.1. The number of aliphatic hydroxyl groups is 3. The molecule has 0 saturated carbocycles. The number of nitrogens with one attached hydrogen (secondary N) is 2. The highest BCUT2D eigenvalue weighted by Gasteiger charge is 2.42. The summed E-state index contributed by atoms with van der Waals surface area (Å²) in [4.78, 5) is 47.5. The van der Waals surface area contributed by atoms with E-state index in [-0.39, 0.29) is 50.8 Å². The molecule has 14 heteroatoms. The molecule has 0 aliphatic carbocycles. The van der Waals surface area contributed by atoms with Gasteiger partial charge in [-0.25, -0.2) is 9.59 Å². The summed E-state index contributed by atoms with van der Waals surface area (Å²) in [6.45, 7) is 2.13. The van der Waals surface area contributed by atoms with Gasteiger partial charge < -0.3 is 50.6 Å². The number of esters is 1. The van der Waals surface area contributed by atoms with E-state index in [2.05, 4.69) is 15.4 Å². The normalized spacial score (nSPS) is 22.5. The van der Waals surface area contributed by atoms with Crippen LogP contribution in [0.3, 0.4) is 0 Å². The molecule has 0 bridgehead atoms. The average molecular weight is 598 g/mol. The highest BCUT2D eigenvalue weighted by atomic mass is 16.7. The molecule has 1 heterocycles. The number of carbonyl (C=O) groups is 4. The average Bonchev–Trinajstić information content (AvgIpc) is 2.98. The van der Waals surface area contributed by atoms with Gasteiger partial charge in [-0.15, -0.1) is 0 Å². The van der Waals surface area contributed by atoms with Crippen LogP contribution in [0.15, 0.2) is 30.3 Å². The number of carbonyl (C=O) groups excluding carboxylic acids is 4. The summed E-state index contributed by atoms with van der Waals surface area (Å²) in [6, 6.07) is 7.96. The van der Waals surface area contributed by atoms with Crippen molar-refractivity contribution in [3.8, 4) is 0 Å². The lowest BCUT2D eigenvalue weighted by Gasteiger charge is -2.38. The molecule has 0 radical (unpaired) electrons. The van der Waals surface area contributed by atoms with Crippen LogP contribution in [0.25, 0.3) is 0 Å². The highest BCUT2D eigenvalue weighted by molar-refractivity contribution is 5.85. The second-order valence-corrected chi connectivity index (χ2v) is 10.0. The molecule has 1 aromatic carbocycles. The van der Waals surface area contributed by atoms with E-state index < -0.39 is 48.9 Å². The van der Waals surface area contributed by atoms with Crippen molar-refractivity contribution >= 4 is 23.9 Å². The van der Waals surface area contributed by atoms with Gasteiger partial charge in [0.15, 0.2) is 6.29 Å². The molecule has 1 aliphatic rings. The zero-order valence-corrected chi connectivity index (χ0v) is 23.8. The van der Waals surface area contributed by atoms with Crippen molar-refractivity contribution in [1.29, 1.82) is 0 Å². The van der Waals surface area contributed by atoms with Crippen molar-refractivity contribution in [2.75, 3.05) is 19.7 Å². The summed E-state index contributed by atoms with van der Waals surface area (Å²) in [6.07, 6.45) is -4.01. The zero-order chi connectivity index (χ0) is 30.9. The van der Waals surface area contributed by atoms with Gasteiger partial charge in [-0.05, 0) is 44.6 Å². The van der Waals surface area contributed by atoms with E-state index in [1.807, 2.05) is 6.07 Å². The molecule has 2 rings (SSSR count). The summed E-state index contributed by atoms with van der Waals surface area (Å²) < 4.78 is 20.2. The SMILES string of the molecule is C[C@@H]1O[C@@H](OCCNC(=O)CCCCC(=O)NCCCC[C@H](N)C(=O)OC(=O)OCc2ccccc2)[C@@H](O)[C@H](O)[C@@H]1O. The van der Waals surface area contributed by atoms with E-state index in [1.54, 1.807) is 31.2 Å². The molecule has 0 unspecified atom stereocenters. The molecule has 1 fully saturated rings. The topological polar surface area (TPSA) is 216 Å². The Balaban J connectivity index is 1.43. The van der Waals surface area contributed by atoms with Crippen molar-refractivity contribution in [2.24, 2.45) is 5.73 Å². The fraction of sp³-hybridized carbons (Fsp3) is 0.643. The van der Waals surface area contributed by atoms with Crippen molar-refractivity contribution in [3.05, 3.63) is 35.9 Å². The first-order valence-corrected chi connectivity index (χ1v) is 14.1. The standard InChI is InChI=1S/C28H43N3O11/c1-18-23(34)24(35)25(36)27(41-18)39-16-15-31-22(33)13-6-5-12-21(32)30-14-8-7-11-20(29)26(37)42-28(38)40-17-19-9-3-2-4-10-19/h2-4,9-10,18,20,23-25,27,34-36H,5-8,11-17,29H2,1H3,(H,30,32)(H,31,33)/t18-,20-,23+,24+,25-,27+/m0/s1. The van der Waals surface area contributed by atoms with Gasteiger partial charge in [0.25, 0.3) is 0 Å². The fourth-order valence-electron chi connectivity index (χ4n) is 4.00. The van der Waals surface area contributed by atoms with Gasteiger partial charge in [-0.3, -0.25) is 9.59 Å². The monoisotopic (exact) mass is 597 g/mol. The Morgan fingerprint density at radius 1 is 0.905 bits per heavy atom. The first-order chi connectivity index (χ1) is 20.1. The number of nitrogens with two attached hydrogens (primary N) is 1. The molecule has 1 aliphatic heterocycles. The third kappa shape index (κ3) is 13.2. The third-order valence-corrected chi connectivity index (χ3v) is 6.52. The Labute approximate surface area is 244 Å². The minimum atomic E-state index is -1.40. The second-order valence-electron chi connectivity index (χ2n) is 10.0. The predicted molar refractivity (Wildman–Crippen MR) is 147 cm³/mol. The van der Waals surface area contributed by atoms with E-state index in [0.29, 0.717) is 32.2 Å². The lowest BCUT2D eigenvalue weighted by atomic mass is 10.0. The Hall–Kier alpha value is -3.14. The second kappa shape index (κ2) is 19.1. The molecule has 0 aromatic heterocycles. The molecular formula is C28H43N3O11. The van der Waals surface area contributed by atoms with Crippen LogP contribution in [-0.2, 0) is 39.9 Å². The van der Waals surface area contributed by atoms with E-state index in [0.717, 1.165) is 5.56 Å². The minimum Gasteiger partial charge on any atom is -0.429 e. The number of hydrogen-bond acceptors (Lipinski definition) is 12. The Bertz CT molecular complexity index is 981. The number of benzene rings is 1. The quantitative estimate of drug-likeness (QED) is 0.0795. The molecule has 14 nitrogen and oxygen atoms in total. The maximum Gasteiger partial charge on any atom is 0.516 e. The molecule has 2 amide bonds. The smallest absolute Gasteiger partial charge is 0.429 e. The fourth-order valence-corrected chi connectivity index (χ4v) is 4.00. The Morgan fingerprint density at radius 2 is 1.55 bits per heavy atom. The molecule has 1 saturated heterocycles. The summed E-state index contributed by atoms with van der Waals surface area (Å²) in [5.41, 5.74) is 6.53. The van der Waals surface area contributed by atoms with Crippen molar-refractivity contribution in [1.82, 2.24) is 10.6 Å². The predicted octanol–water partition coefficient (Wildman–Crippen LogP) is 0.000900. The minimum absolute atomic E-state index is 0.0203. The van der Waals surface area contributed by atoms with E-state index >= 15 is 0 Å².